The highest BCUT2D eigenvalue weighted by Crippen LogP contribution is 2.33. The number of hydrogen-bond donors (Lipinski definition) is 1. The van der Waals surface area contributed by atoms with E-state index in [0.29, 0.717) is 6.61 Å². The van der Waals surface area contributed by atoms with Crippen LogP contribution in [0.2, 0.25) is 0 Å². The van der Waals surface area contributed by atoms with Crippen molar-refractivity contribution in [2.24, 2.45) is 0 Å². The minimum atomic E-state index is -0.658. The molecule has 0 radical (unpaired) electrons. The molecule has 1 N–H and O–H groups in total. The van der Waals surface area contributed by atoms with Gasteiger partial charge in [0, 0.05) is 32.4 Å². The zero-order valence-corrected chi connectivity index (χ0v) is 15.7. The molecule has 144 valence electrons. The van der Waals surface area contributed by atoms with Crippen LogP contribution >= 0.6 is 0 Å². The molecule has 1 saturated heterocycles. The number of amides is 1. The van der Waals surface area contributed by atoms with E-state index in [0.717, 1.165) is 76.4 Å². The fourth-order valence-electron chi connectivity index (χ4n) is 3.65. The first-order chi connectivity index (χ1) is 12.7. The average molecular weight is 362 g/mol. The molecular weight excluding hydrogens is 332 g/mol. The molecule has 1 heterocycles. The molecule has 2 fully saturated rings. The van der Waals surface area contributed by atoms with Crippen LogP contribution < -0.4 is 10.1 Å². The van der Waals surface area contributed by atoms with Crippen LogP contribution in [0.25, 0.3) is 0 Å². The lowest BCUT2D eigenvalue weighted by Gasteiger charge is -2.26. The molecule has 1 amide bonds. The summed E-state index contributed by atoms with van der Waals surface area (Å²) >= 11 is 0. The summed E-state index contributed by atoms with van der Waals surface area (Å²) < 4.78 is 16.7. The van der Waals surface area contributed by atoms with Gasteiger partial charge < -0.3 is 19.5 Å². The second-order valence-corrected chi connectivity index (χ2v) is 7.04. The lowest BCUT2D eigenvalue weighted by Crippen LogP contribution is -2.42. The van der Waals surface area contributed by atoms with E-state index in [1.165, 1.54) is 0 Å². The number of benzene rings is 1. The quantitative estimate of drug-likeness (QED) is 0.721. The molecule has 1 aliphatic carbocycles. The number of anilines is 1. The molecule has 26 heavy (non-hydrogen) atoms. The van der Waals surface area contributed by atoms with Gasteiger partial charge in [0.15, 0.2) is 0 Å². The van der Waals surface area contributed by atoms with Gasteiger partial charge in [0.25, 0.3) is 5.91 Å². The Hall–Kier alpha value is -1.63. The van der Waals surface area contributed by atoms with E-state index in [9.17, 15) is 4.79 Å². The van der Waals surface area contributed by atoms with Gasteiger partial charge in [-0.1, -0.05) is 0 Å². The van der Waals surface area contributed by atoms with Crippen molar-refractivity contribution in [3.63, 3.8) is 0 Å². The normalized spacial score (nSPS) is 20.0. The molecule has 3 rings (SSSR count). The zero-order valence-electron chi connectivity index (χ0n) is 15.7. The van der Waals surface area contributed by atoms with E-state index >= 15 is 0 Å². The minimum absolute atomic E-state index is 0.0447. The summed E-state index contributed by atoms with van der Waals surface area (Å²) in [6, 6.07) is 7.57. The lowest BCUT2D eigenvalue weighted by molar-refractivity contribution is -0.136. The highest BCUT2D eigenvalue weighted by Gasteiger charge is 2.41. The van der Waals surface area contributed by atoms with E-state index in [4.69, 9.17) is 14.2 Å². The fourth-order valence-corrected chi connectivity index (χ4v) is 3.65. The Labute approximate surface area is 155 Å². The van der Waals surface area contributed by atoms with Gasteiger partial charge in [-0.2, -0.15) is 0 Å². The highest BCUT2D eigenvalue weighted by molar-refractivity contribution is 5.97. The van der Waals surface area contributed by atoms with E-state index in [2.05, 4.69) is 10.2 Å². The first-order valence-corrected chi connectivity index (χ1v) is 9.61. The molecule has 0 aromatic heterocycles. The number of nitrogens with zero attached hydrogens (tertiary/aromatic N) is 1. The lowest BCUT2D eigenvalue weighted by atomic mass is 10.0. The maximum Gasteiger partial charge on any atom is 0.256 e. The molecule has 1 saturated carbocycles. The number of ether oxygens (including phenoxy) is 3. The molecule has 6 nitrogen and oxygen atoms in total. The van der Waals surface area contributed by atoms with Crippen LogP contribution in [0, 0.1) is 0 Å². The topological polar surface area (TPSA) is 60.0 Å². The monoisotopic (exact) mass is 362 g/mol. The van der Waals surface area contributed by atoms with Crippen LogP contribution in [0.3, 0.4) is 0 Å². The molecule has 6 heteroatoms. The Morgan fingerprint density at radius 3 is 2.54 bits per heavy atom. The van der Waals surface area contributed by atoms with Crippen molar-refractivity contribution in [2.75, 3.05) is 51.9 Å². The maximum atomic E-state index is 12.5. The van der Waals surface area contributed by atoms with Crippen molar-refractivity contribution in [3.05, 3.63) is 24.3 Å². The SMILES string of the molecule is COC1(C(=O)Nc2ccc(OCCCN3CCOCC3)cc2)CCCC1. The van der Waals surface area contributed by atoms with Crippen LogP contribution in [0.4, 0.5) is 5.69 Å². The highest BCUT2D eigenvalue weighted by atomic mass is 16.5. The Morgan fingerprint density at radius 2 is 1.88 bits per heavy atom. The van der Waals surface area contributed by atoms with Crippen LogP contribution in [0.15, 0.2) is 24.3 Å². The predicted molar refractivity (Wildman–Crippen MR) is 101 cm³/mol. The van der Waals surface area contributed by atoms with Crippen molar-refractivity contribution in [2.45, 2.75) is 37.7 Å². The van der Waals surface area contributed by atoms with E-state index in [1.54, 1.807) is 7.11 Å². The van der Waals surface area contributed by atoms with E-state index in [1.807, 2.05) is 24.3 Å². The van der Waals surface area contributed by atoms with Gasteiger partial charge in [-0.3, -0.25) is 9.69 Å². The summed E-state index contributed by atoms with van der Waals surface area (Å²) in [5.74, 6) is 0.781. The van der Waals surface area contributed by atoms with Gasteiger partial charge in [-0.05, 0) is 56.4 Å². The number of morpholine rings is 1. The van der Waals surface area contributed by atoms with Gasteiger partial charge >= 0.3 is 0 Å². The van der Waals surface area contributed by atoms with Crippen LogP contribution in [0.5, 0.6) is 5.75 Å². The molecule has 1 aromatic carbocycles. The third-order valence-electron chi connectivity index (χ3n) is 5.32. The number of carbonyl (C=O) groups is 1. The van der Waals surface area contributed by atoms with E-state index < -0.39 is 5.60 Å². The summed E-state index contributed by atoms with van der Waals surface area (Å²) in [6.07, 6.45) is 4.66. The van der Waals surface area contributed by atoms with Gasteiger partial charge in [0.2, 0.25) is 0 Å². The Kier molecular flexibility index (Phi) is 6.88. The molecule has 1 aliphatic heterocycles. The largest absolute Gasteiger partial charge is 0.494 e. The van der Waals surface area contributed by atoms with Crippen LogP contribution in [-0.2, 0) is 14.3 Å². The van der Waals surface area contributed by atoms with Crippen molar-refractivity contribution in [3.8, 4) is 5.75 Å². The molecule has 1 aromatic rings. The summed E-state index contributed by atoms with van der Waals surface area (Å²) in [7, 11) is 1.62. The fraction of sp³-hybridized carbons (Fsp3) is 0.650. The average Bonchev–Trinajstić information content (AvgIpc) is 3.18. The number of rotatable bonds is 8. The smallest absolute Gasteiger partial charge is 0.256 e. The van der Waals surface area contributed by atoms with Crippen molar-refractivity contribution in [1.29, 1.82) is 0 Å². The zero-order chi connectivity index (χ0) is 18.2. The summed E-state index contributed by atoms with van der Waals surface area (Å²) in [6.45, 7) is 5.41. The standard InChI is InChI=1S/C20H30N2O4/c1-24-20(9-2-3-10-20)19(23)21-17-5-7-18(8-6-17)26-14-4-11-22-12-15-25-16-13-22/h5-8H,2-4,9-16H2,1H3,(H,21,23). The van der Waals surface area contributed by atoms with Gasteiger partial charge in [-0.25, -0.2) is 0 Å². The molecule has 2 aliphatic rings. The van der Waals surface area contributed by atoms with E-state index in [-0.39, 0.29) is 5.91 Å². The summed E-state index contributed by atoms with van der Waals surface area (Å²) in [5.41, 5.74) is 0.119. The van der Waals surface area contributed by atoms with Crippen molar-refractivity contribution in [1.82, 2.24) is 4.90 Å². The summed E-state index contributed by atoms with van der Waals surface area (Å²) in [5, 5.41) is 2.98. The first-order valence-electron chi connectivity index (χ1n) is 9.61. The predicted octanol–water partition coefficient (Wildman–Crippen LogP) is 2.69. The van der Waals surface area contributed by atoms with Gasteiger partial charge in [0.1, 0.15) is 11.4 Å². The van der Waals surface area contributed by atoms with Gasteiger partial charge in [-0.15, -0.1) is 0 Å². The Balaban J connectivity index is 1.41. The summed E-state index contributed by atoms with van der Waals surface area (Å²) in [4.78, 5) is 14.9. The second kappa shape index (κ2) is 9.35. The molecule has 0 bridgehead atoms. The maximum absolute atomic E-state index is 12.5. The minimum Gasteiger partial charge on any atom is -0.494 e. The number of hydrogen-bond acceptors (Lipinski definition) is 5. The third kappa shape index (κ3) is 4.96. The molecule has 0 unspecified atom stereocenters. The number of carbonyl (C=O) groups excluding carboxylic acids is 1. The molecular formula is C20H30N2O4. The number of methoxy groups -OCH3 is 1. The Bertz CT molecular complexity index is 564. The van der Waals surface area contributed by atoms with Gasteiger partial charge in [0.05, 0.1) is 19.8 Å². The van der Waals surface area contributed by atoms with Crippen LogP contribution in [-0.4, -0.2) is 63.0 Å². The second-order valence-electron chi connectivity index (χ2n) is 7.04. The third-order valence-corrected chi connectivity index (χ3v) is 5.32. The first kappa shape index (κ1) is 19.1. The Morgan fingerprint density at radius 1 is 1.19 bits per heavy atom. The molecule has 0 atom stereocenters. The van der Waals surface area contributed by atoms with Crippen molar-refractivity contribution < 1.29 is 19.0 Å². The molecule has 0 spiro atoms. The van der Waals surface area contributed by atoms with Crippen LogP contribution in [0.1, 0.15) is 32.1 Å². The number of nitrogens with one attached hydrogen (secondary N) is 1. The van der Waals surface area contributed by atoms with Crippen molar-refractivity contribution >= 4 is 11.6 Å².